The number of likely N-dealkylation sites (tertiary alicyclic amines) is 1. The summed E-state index contributed by atoms with van der Waals surface area (Å²) in [6.07, 6.45) is 4.17. The van der Waals surface area contributed by atoms with E-state index < -0.39 is 0 Å². The van der Waals surface area contributed by atoms with Gasteiger partial charge in [-0.25, -0.2) is 9.97 Å². The van der Waals surface area contributed by atoms with E-state index >= 15 is 0 Å². The molecule has 1 saturated heterocycles. The molecule has 1 N–H and O–H groups in total. The molecule has 8 heteroatoms. The first kappa shape index (κ1) is 20.2. The van der Waals surface area contributed by atoms with Gasteiger partial charge in [0.15, 0.2) is 5.15 Å². The highest BCUT2D eigenvalue weighted by atomic mass is 35.5. The van der Waals surface area contributed by atoms with E-state index in [1.165, 1.54) is 42.8 Å². The third kappa shape index (κ3) is 4.21. The smallest absolute Gasteiger partial charge is 0.276 e. The van der Waals surface area contributed by atoms with Crippen LogP contribution in [0.1, 0.15) is 24.2 Å². The van der Waals surface area contributed by atoms with Crippen LogP contribution in [-0.2, 0) is 13.1 Å². The van der Waals surface area contributed by atoms with Crippen LogP contribution < -0.4 is 10.9 Å². The molecule has 158 valence electrons. The van der Waals surface area contributed by atoms with Gasteiger partial charge in [-0.1, -0.05) is 23.7 Å². The Labute approximate surface area is 189 Å². The van der Waals surface area contributed by atoms with Crippen molar-refractivity contribution in [2.75, 3.05) is 18.4 Å². The Kier molecular flexibility index (Phi) is 5.72. The normalized spacial score (nSPS) is 14.4. The van der Waals surface area contributed by atoms with Crippen molar-refractivity contribution in [3.05, 3.63) is 80.9 Å². The first-order valence-corrected chi connectivity index (χ1v) is 11.6. The zero-order valence-corrected chi connectivity index (χ0v) is 18.5. The monoisotopic (exact) mass is 451 g/mol. The average Bonchev–Trinajstić information content (AvgIpc) is 3.46. The molecule has 0 aliphatic carbocycles. The Balaban J connectivity index is 1.46. The quantitative estimate of drug-likeness (QED) is 0.430. The van der Waals surface area contributed by atoms with Crippen LogP contribution in [0.5, 0.6) is 0 Å². The molecule has 0 saturated carbocycles. The average molecular weight is 452 g/mol. The number of hydrogen-bond acceptors (Lipinski definition) is 6. The number of fused-ring (bicyclic) bond motifs is 1. The summed E-state index contributed by atoms with van der Waals surface area (Å²) in [5, 5.41) is 5.60. The minimum absolute atomic E-state index is 0.130. The molecule has 4 aromatic rings. The maximum Gasteiger partial charge on any atom is 0.276 e. The van der Waals surface area contributed by atoms with E-state index in [1.54, 1.807) is 22.9 Å². The van der Waals surface area contributed by atoms with Crippen LogP contribution in [0.15, 0.2) is 58.8 Å². The molecule has 4 heterocycles. The number of nitrogens with one attached hydrogen (secondary N) is 1. The van der Waals surface area contributed by atoms with Crippen LogP contribution in [-0.4, -0.2) is 32.5 Å². The number of benzene rings is 1. The highest BCUT2D eigenvalue weighted by molar-refractivity contribution is 7.17. The van der Waals surface area contributed by atoms with Gasteiger partial charge in [-0.3, -0.25) is 14.3 Å². The van der Waals surface area contributed by atoms with E-state index in [1.807, 2.05) is 17.5 Å². The van der Waals surface area contributed by atoms with Crippen molar-refractivity contribution in [2.45, 2.75) is 25.9 Å². The van der Waals surface area contributed by atoms with Gasteiger partial charge >= 0.3 is 0 Å². The molecule has 0 spiro atoms. The van der Waals surface area contributed by atoms with Crippen molar-refractivity contribution in [3.8, 4) is 5.69 Å². The van der Waals surface area contributed by atoms with Crippen molar-refractivity contribution in [2.24, 2.45) is 0 Å². The van der Waals surface area contributed by atoms with Crippen molar-refractivity contribution in [1.29, 1.82) is 0 Å². The number of thiophene rings is 1. The lowest BCUT2D eigenvalue weighted by molar-refractivity contribution is 0.331. The van der Waals surface area contributed by atoms with Crippen molar-refractivity contribution in [1.82, 2.24) is 19.4 Å². The van der Waals surface area contributed by atoms with E-state index in [0.29, 0.717) is 28.3 Å². The van der Waals surface area contributed by atoms with Gasteiger partial charge in [-0.15, -0.1) is 11.3 Å². The molecule has 0 unspecified atom stereocenters. The number of pyridine rings is 1. The second-order valence-corrected chi connectivity index (χ2v) is 8.93. The van der Waals surface area contributed by atoms with Crippen molar-refractivity contribution in [3.63, 3.8) is 0 Å². The van der Waals surface area contributed by atoms with Gasteiger partial charge in [-0.2, -0.15) is 0 Å². The predicted molar refractivity (Wildman–Crippen MR) is 126 cm³/mol. The Morgan fingerprint density at radius 1 is 1.13 bits per heavy atom. The van der Waals surface area contributed by atoms with Gasteiger partial charge in [0, 0.05) is 18.4 Å². The van der Waals surface area contributed by atoms with Crippen LogP contribution in [0.3, 0.4) is 0 Å². The fourth-order valence-corrected chi connectivity index (χ4v) is 4.99. The standard InChI is InChI=1S/C23H22ClN5OS/c24-22-19(7-4-9-25-22)29-20(27-18-8-12-31-21(18)23(29)30)14-26-17-6-3-5-16(13-17)15-28-10-1-2-11-28/h3-9,12-13,26H,1-2,10-11,14-15H2. The molecule has 31 heavy (non-hydrogen) atoms. The minimum Gasteiger partial charge on any atom is -0.378 e. The molecule has 0 bridgehead atoms. The molecule has 6 nitrogen and oxygen atoms in total. The molecule has 1 aromatic carbocycles. The topological polar surface area (TPSA) is 63.1 Å². The zero-order chi connectivity index (χ0) is 21.2. The number of rotatable bonds is 6. The molecule has 1 aliphatic heterocycles. The third-order valence-corrected chi connectivity index (χ3v) is 6.70. The van der Waals surface area contributed by atoms with Crippen LogP contribution in [0, 0.1) is 0 Å². The van der Waals surface area contributed by atoms with Gasteiger partial charge in [0.05, 0.1) is 17.7 Å². The second kappa shape index (κ2) is 8.78. The first-order chi connectivity index (χ1) is 15.2. The predicted octanol–water partition coefficient (Wildman–Crippen LogP) is 4.70. The van der Waals surface area contributed by atoms with Gasteiger partial charge in [0.1, 0.15) is 10.5 Å². The maximum absolute atomic E-state index is 13.2. The van der Waals surface area contributed by atoms with Crippen LogP contribution in [0.25, 0.3) is 15.9 Å². The van der Waals surface area contributed by atoms with Crippen LogP contribution in [0.2, 0.25) is 5.15 Å². The van der Waals surface area contributed by atoms with Gasteiger partial charge in [-0.05, 0) is 67.2 Å². The Morgan fingerprint density at radius 3 is 2.84 bits per heavy atom. The molecule has 3 aromatic heterocycles. The SMILES string of the molecule is O=c1c2sccc2nc(CNc2cccc(CN3CCCC3)c2)n1-c1cccnc1Cl. The van der Waals surface area contributed by atoms with Gasteiger partial charge in [0.25, 0.3) is 5.56 Å². The zero-order valence-electron chi connectivity index (χ0n) is 16.9. The molecule has 1 fully saturated rings. The van der Waals surface area contributed by atoms with Crippen molar-refractivity contribution >= 4 is 38.8 Å². The number of hydrogen-bond donors (Lipinski definition) is 1. The van der Waals surface area contributed by atoms with Crippen LogP contribution >= 0.6 is 22.9 Å². The lowest BCUT2D eigenvalue weighted by Gasteiger charge is -2.16. The lowest BCUT2D eigenvalue weighted by Crippen LogP contribution is -2.25. The summed E-state index contributed by atoms with van der Waals surface area (Å²) in [7, 11) is 0. The molecule has 0 radical (unpaired) electrons. The summed E-state index contributed by atoms with van der Waals surface area (Å²) in [4.78, 5) is 24.6. The third-order valence-electron chi connectivity index (χ3n) is 5.51. The molecule has 1 aliphatic rings. The van der Waals surface area contributed by atoms with Crippen molar-refractivity contribution < 1.29 is 0 Å². The number of nitrogens with zero attached hydrogens (tertiary/aromatic N) is 4. The lowest BCUT2D eigenvalue weighted by atomic mass is 10.2. The van der Waals surface area contributed by atoms with E-state index in [-0.39, 0.29) is 10.7 Å². The fourth-order valence-electron chi connectivity index (χ4n) is 4.03. The summed E-state index contributed by atoms with van der Waals surface area (Å²) in [6, 6.07) is 13.9. The highest BCUT2D eigenvalue weighted by Crippen LogP contribution is 2.22. The highest BCUT2D eigenvalue weighted by Gasteiger charge is 2.16. The number of halogens is 1. The number of anilines is 1. The summed E-state index contributed by atoms with van der Waals surface area (Å²) < 4.78 is 2.17. The molecule has 0 atom stereocenters. The Morgan fingerprint density at radius 2 is 2.00 bits per heavy atom. The summed E-state index contributed by atoms with van der Waals surface area (Å²) >= 11 is 7.71. The molecule has 5 rings (SSSR count). The fraction of sp³-hybridized carbons (Fsp3) is 0.261. The molecule has 0 amide bonds. The maximum atomic E-state index is 13.2. The second-order valence-electron chi connectivity index (χ2n) is 7.65. The van der Waals surface area contributed by atoms with E-state index in [4.69, 9.17) is 16.6 Å². The first-order valence-electron chi connectivity index (χ1n) is 10.3. The summed E-state index contributed by atoms with van der Waals surface area (Å²) in [6.45, 7) is 3.69. The largest absolute Gasteiger partial charge is 0.378 e. The van der Waals surface area contributed by atoms with Gasteiger partial charge in [0.2, 0.25) is 0 Å². The van der Waals surface area contributed by atoms with E-state index in [0.717, 1.165) is 12.2 Å². The molecular formula is C23H22ClN5OS. The Hall–Kier alpha value is -2.74. The van der Waals surface area contributed by atoms with Crippen LogP contribution in [0.4, 0.5) is 5.69 Å². The molecular weight excluding hydrogens is 430 g/mol. The van der Waals surface area contributed by atoms with E-state index in [9.17, 15) is 4.79 Å². The van der Waals surface area contributed by atoms with Gasteiger partial charge < -0.3 is 5.32 Å². The van der Waals surface area contributed by atoms with E-state index in [2.05, 4.69) is 33.4 Å². The number of aromatic nitrogens is 3. The minimum atomic E-state index is -0.130. The Bertz CT molecular complexity index is 1280. The summed E-state index contributed by atoms with van der Waals surface area (Å²) in [5.41, 5.74) is 3.39. The summed E-state index contributed by atoms with van der Waals surface area (Å²) in [5.74, 6) is 0.593.